The third-order valence-corrected chi connectivity index (χ3v) is 2.39. The van der Waals surface area contributed by atoms with Crippen LogP contribution in [-0.2, 0) is 11.2 Å². The van der Waals surface area contributed by atoms with E-state index in [1.54, 1.807) is 0 Å². The fourth-order valence-corrected chi connectivity index (χ4v) is 1.30. The van der Waals surface area contributed by atoms with Gasteiger partial charge in [-0.05, 0) is 0 Å². The van der Waals surface area contributed by atoms with Gasteiger partial charge in [0.2, 0.25) is 0 Å². The summed E-state index contributed by atoms with van der Waals surface area (Å²) in [4.78, 5) is 28.4. The van der Waals surface area contributed by atoms with Crippen molar-refractivity contribution in [3.63, 3.8) is 0 Å². The third-order valence-electron chi connectivity index (χ3n) is 2.39. The van der Waals surface area contributed by atoms with Gasteiger partial charge in [-0.15, -0.1) is 0 Å². The van der Waals surface area contributed by atoms with E-state index in [-0.39, 0.29) is 6.42 Å². The van der Waals surface area contributed by atoms with Crippen LogP contribution in [0.2, 0.25) is 0 Å². The molecular weight excluding hydrogens is 300 g/mol. The minimum absolute atomic E-state index is 0.173. The standard InChI is InChI=1S/C10H12F4N4O3/c11-8(12)10(13,14)3-16-9(21)18-6(7(19)20)1-5-2-15-4-17-5/h2,4,6,8H,1,3H2,(H,15,17)(H,19,20)(H2,16,18,21). The number of rotatable bonds is 7. The minimum Gasteiger partial charge on any atom is -0.480 e. The van der Waals surface area contributed by atoms with Crippen LogP contribution in [0.1, 0.15) is 5.69 Å². The largest absolute Gasteiger partial charge is 0.480 e. The number of halogens is 4. The first kappa shape index (κ1) is 16.7. The first-order chi connectivity index (χ1) is 9.72. The number of imidazole rings is 1. The average Bonchev–Trinajstić information content (AvgIpc) is 2.88. The highest BCUT2D eigenvalue weighted by Gasteiger charge is 2.41. The van der Waals surface area contributed by atoms with Crippen molar-refractivity contribution in [2.45, 2.75) is 24.8 Å². The Morgan fingerprint density at radius 1 is 1.43 bits per heavy atom. The number of nitrogens with one attached hydrogen (secondary N) is 3. The highest BCUT2D eigenvalue weighted by Crippen LogP contribution is 2.21. The van der Waals surface area contributed by atoms with E-state index in [9.17, 15) is 27.2 Å². The van der Waals surface area contributed by atoms with Gasteiger partial charge in [0.1, 0.15) is 6.04 Å². The Bertz CT molecular complexity index is 481. The molecule has 11 heteroatoms. The van der Waals surface area contributed by atoms with Gasteiger partial charge < -0.3 is 20.7 Å². The number of aromatic nitrogens is 2. The predicted molar refractivity (Wildman–Crippen MR) is 61.2 cm³/mol. The zero-order chi connectivity index (χ0) is 16.0. The maximum Gasteiger partial charge on any atom is 0.326 e. The van der Waals surface area contributed by atoms with E-state index in [0.29, 0.717) is 5.69 Å². The fourth-order valence-electron chi connectivity index (χ4n) is 1.30. The molecule has 0 spiro atoms. The molecule has 1 aromatic rings. The van der Waals surface area contributed by atoms with Crippen molar-refractivity contribution >= 4 is 12.0 Å². The molecule has 0 aliphatic rings. The number of hydrogen-bond donors (Lipinski definition) is 4. The molecule has 0 bridgehead atoms. The molecule has 0 aliphatic carbocycles. The fraction of sp³-hybridized carbons (Fsp3) is 0.500. The number of urea groups is 1. The van der Waals surface area contributed by atoms with Crippen LogP contribution in [0.5, 0.6) is 0 Å². The van der Waals surface area contributed by atoms with Crippen molar-refractivity contribution in [2.24, 2.45) is 0 Å². The zero-order valence-corrected chi connectivity index (χ0v) is 10.4. The summed E-state index contributed by atoms with van der Waals surface area (Å²) in [5, 5.41) is 12.3. The SMILES string of the molecule is O=C(NCC(F)(F)C(F)F)NC(Cc1cnc[nH]1)C(=O)O. The van der Waals surface area contributed by atoms with Gasteiger partial charge in [0.25, 0.3) is 0 Å². The Labute approximate surface area is 115 Å². The first-order valence-corrected chi connectivity index (χ1v) is 5.62. The van der Waals surface area contributed by atoms with Crippen molar-refractivity contribution in [2.75, 3.05) is 6.54 Å². The normalized spacial score (nSPS) is 13.0. The van der Waals surface area contributed by atoms with Crippen LogP contribution in [0.15, 0.2) is 12.5 Å². The van der Waals surface area contributed by atoms with Gasteiger partial charge in [-0.25, -0.2) is 23.4 Å². The van der Waals surface area contributed by atoms with Gasteiger partial charge >= 0.3 is 24.3 Å². The van der Waals surface area contributed by atoms with E-state index in [0.717, 1.165) is 0 Å². The topological polar surface area (TPSA) is 107 Å². The number of aromatic amines is 1. The number of carboxylic acids is 1. The summed E-state index contributed by atoms with van der Waals surface area (Å²) in [5.74, 6) is -5.81. The van der Waals surface area contributed by atoms with E-state index >= 15 is 0 Å². The van der Waals surface area contributed by atoms with Crippen molar-refractivity contribution in [1.82, 2.24) is 20.6 Å². The van der Waals surface area contributed by atoms with E-state index in [1.807, 2.05) is 5.32 Å². The average molecular weight is 312 g/mol. The summed E-state index contributed by atoms with van der Waals surface area (Å²) in [6.45, 7) is -1.60. The molecule has 1 unspecified atom stereocenters. The highest BCUT2D eigenvalue weighted by molar-refractivity contribution is 5.82. The molecule has 0 aliphatic heterocycles. The Balaban J connectivity index is 2.52. The lowest BCUT2D eigenvalue weighted by Gasteiger charge is -2.18. The van der Waals surface area contributed by atoms with Crippen LogP contribution < -0.4 is 10.6 Å². The molecule has 0 saturated carbocycles. The summed E-state index contributed by atoms with van der Waals surface area (Å²) in [7, 11) is 0. The van der Waals surface area contributed by atoms with Gasteiger partial charge in [-0.2, -0.15) is 8.78 Å². The molecule has 0 radical (unpaired) electrons. The number of aliphatic carboxylic acids is 1. The quantitative estimate of drug-likeness (QED) is 0.553. The lowest BCUT2D eigenvalue weighted by Crippen LogP contribution is -2.50. The number of carbonyl (C=O) groups excluding carboxylic acids is 1. The molecule has 0 saturated heterocycles. The van der Waals surface area contributed by atoms with E-state index in [2.05, 4.69) is 9.97 Å². The number of nitrogens with zero attached hydrogens (tertiary/aromatic N) is 1. The second-order valence-corrected chi connectivity index (χ2v) is 4.06. The molecule has 1 aromatic heterocycles. The van der Waals surface area contributed by atoms with Crippen molar-refractivity contribution in [3.05, 3.63) is 18.2 Å². The molecule has 118 valence electrons. The van der Waals surface area contributed by atoms with E-state index < -0.39 is 36.9 Å². The summed E-state index contributed by atoms with van der Waals surface area (Å²) in [5.41, 5.74) is 0.389. The maximum atomic E-state index is 12.6. The van der Waals surface area contributed by atoms with Gasteiger partial charge in [0, 0.05) is 18.3 Å². The summed E-state index contributed by atoms with van der Waals surface area (Å²) in [6, 6.07) is -2.71. The molecule has 1 atom stereocenters. The Morgan fingerprint density at radius 2 is 2.10 bits per heavy atom. The molecule has 7 nitrogen and oxygen atoms in total. The summed E-state index contributed by atoms with van der Waals surface area (Å²) in [6.07, 6.45) is -1.50. The van der Waals surface area contributed by atoms with Gasteiger partial charge in [-0.3, -0.25) is 0 Å². The number of hydrogen-bond acceptors (Lipinski definition) is 3. The van der Waals surface area contributed by atoms with Gasteiger partial charge in [-0.1, -0.05) is 0 Å². The van der Waals surface area contributed by atoms with E-state index in [1.165, 1.54) is 17.8 Å². The number of amides is 2. The summed E-state index contributed by atoms with van der Waals surface area (Å²) >= 11 is 0. The molecule has 21 heavy (non-hydrogen) atoms. The first-order valence-electron chi connectivity index (χ1n) is 5.62. The Hall–Kier alpha value is -2.33. The minimum atomic E-state index is -4.39. The molecule has 2 amide bonds. The van der Waals surface area contributed by atoms with Crippen LogP contribution in [0.4, 0.5) is 22.4 Å². The maximum absolute atomic E-state index is 12.6. The molecule has 4 N–H and O–H groups in total. The van der Waals surface area contributed by atoms with Gasteiger partial charge in [0.05, 0.1) is 12.9 Å². The van der Waals surface area contributed by atoms with E-state index in [4.69, 9.17) is 5.11 Å². The third kappa shape index (κ3) is 5.28. The van der Waals surface area contributed by atoms with Crippen LogP contribution in [-0.4, -0.2) is 52.0 Å². The van der Waals surface area contributed by atoms with Crippen molar-refractivity contribution in [3.8, 4) is 0 Å². The van der Waals surface area contributed by atoms with Crippen molar-refractivity contribution in [1.29, 1.82) is 0 Å². The van der Waals surface area contributed by atoms with Crippen molar-refractivity contribution < 1.29 is 32.3 Å². The Morgan fingerprint density at radius 3 is 2.57 bits per heavy atom. The van der Waals surface area contributed by atoms with Crippen LogP contribution in [0.25, 0.3) is 0 Å². The second-order valence-electron chi connectivity index (χ2n) is 4.06. The summed E-state index contributed by atoms with van der Waals surface area (Å²) < 4.78 is 48.9. The Kier molecular flexibility index (Phi) is 5.50. The van der Waals surface area contributed by atoms with Crippen LogP contribution >= 0.6 is 0 Å². The lowest BCUT2D eigenvalue weighted by molar-refractivity contribution is -0.139. The smallest absolute Gasteiger partial charge is 0.326 e. The van der Waals surface area contributed by atoms with Crippen LogP contribution in [0.3, 0.4) is 0 Å². The molecule has 1 rings (SSSR count). The molecule has 1 heterocycles. The molecule has 0 fully saturated rings. The zero-order valence-electron chi connectivity index (χ0n) is 10.4. The van der Waals surface area contributed by atoms with Gasteiger partial charge in [0.15, 0.2) is 0 Å². The number of alkyl halides is 4. The molecular formula is C10H12F4N4O3. The number of carboxylic acid groups (broad SMARTS) is 1. The van der Waals surface area contributed by atoms with Crippen LogP contribution in [0, 0.1) is 0 Å². The number of carbonyl (C=O) groups is 2. The monoisotopic (exact) mass is 312 g/mol. The number of H-pyrrole nitrogens is 1. The molecule has 0 aromatic carbocycles. The lowest BCUT2D eigenvalue weighted by atomic mass is 10.2. The highest BCUT2D eigenvalue weighted by atomic mass is 19.3. The predicted octanol–water partition coefficient (Wildman–Crippen LogP) is 0.605. The second kappa shape index (κ2) is 6.90.